The van der Waals surface area contributed by atoms with Gasteiger partial charge in [-0.2, -0.15) is 0 Å². The van der Waals surface area contributed by atoms with Gasteiger partial charge in [-0.1, -0.05) is 25.1 Å². The summed E-state index contributed by atoms with van der Waals surface area (Å²) in [7, 11) is 1.66. The molecule has 2 aromatic carbocycles. The van der Waals surface area contributed by atoms with Gasteiger partial charge in [0.05, 0.1) is 13.2 Å². The van der Waals surface area contributed by atoms with Crippen LogP contribution in [0.15, 0.2) is 36.4 Å². The SMILES string of the molecule is CCNC(c1ccc(C)c(F)c1)c1ccc(OC)cc1C. The lowest BCUT2D eigenvalue weighted by atomic mass is 9.94. The first-order valence-corrected chi connectivity index (χ1v) is 7.20. The van der Waals surface area contributed by atoms with E-state index in [-0.39, 0.29) is 11.9 Å². The van der Waals surface area contributed by atoms with Gasteiger partial charge in [0.2, 0.25) is 0 Å². The molecule has 21 heavy (non-hydrogen) atoms. The van der Waals surface area contributed by atoms with Crippen LogP contribution in [0.3, 0.4) is 0 Å². The molecular weight excluding hydrogens is 265 g/mol. The normalized spacial score (nSPS) is 12.2. The van der Waals surface area contributed by atoms with E-state index in [9.17, 15) is 4.39 Å². The molecule has 0 aliphatic heterocycles. The second-order valence-corrected chi connectivity index (χ2v) is 5.22. The first-order valence-electron chi connectivity index (χ1n) is 7.20. The molecule has 112 valence electrons. The lowest BCUT2D eigenvalue weighted by Crippen LogP contribution is -2.23. The third-order valence-corrected chi connectivity index (χ3v) is 3.73. The van der Waals surface area contributed by atoms with Crippen molar-refractivity contribution in [3.05, 3.63) is 64.5 Å². The largest absolute Gasteiger partial charge is 0.497 e. The highest BCUT2D eigenvalue weighted by Gasteiger charge is 2.16. The molecule has 0 aromatic heterocycles. The Labute approximate surface area is 126 Å². The average molecular weight is 287 g/mol. The third-order valence-electron chi connectivity index (χ3n) is 3.73. The van der Waals surface area contributed by atoms with E-state index in [0.29, 0.717) is 5.56 Å². The van der Waals surface area contributed by atoms with E-state index in [1.165, 1.54) is 0 Å². The van der Waals surface area contributed by atoms with Crippen LogP contribution in [0.2, 0.25) is 0 Å². The Hall–Kier alpha value is -1.87. The number of benzene rings is 2. The van der Waals surface area contributed by atoms with E-state index in [1.807, 2.05) is 37.3 Å². The molecular formula is C18H22FNO. The van der Waals surface area contributed by atoms with Crippen LogP contribution in [0.25, 0.3) is 0 Å². The van der Waals surface area contributed by atoms with E-state index in [4.69, 9.17) is 4.74 Å². The summed E-state index contributed by atoms with van der Waals surface area (Å²) in [4.78, 5) is 0. The van der Waals surface area contributed by atoms with Gasteiger partial charge in [-0.15, -0.1) is 0 Å². The number of halogens is 1. The van der Waals surface area contributed by atoms with Gasteiger partial charge < -0.3 is 10.1 Å². The quantitative estimate of drug-likeness (QED) is 0.892. The molecule has 0 bridgehead atoms. The van der Waals surface area contributed by atoms with Gasteiger partial charge in [0.25, 0.3) is 0 Å². The number of rotatable bonds is 5. The highest BCUT2D eigenvalue weighted by atomic mass is 19.1. The molecule has 1 atom stereocenters. The first-order chi connectivity index (χ1) is 10.1. The van der Waals surface area contributed by atoms with Gasteiger partial charge in [0.1, 0.15) is 11.6 Å². The summed E-state index contributed by atoms with van der Waals surface area (Å²) in [6.45, 7) is 6.69. The minimum Gasteiger partial charge on any atom is -0.497 e. The van der Waals surface area contributed by atoms with Crippen LogP contribution < -0.4 is 10.1 Å². The molecule has 0 heterocycles. The lowest BCUT2D eigenvalue weighted by molar-refractivity contribution is 0.414. The van der Waals surface area contributed by atoms with E-state index in [0.717, 1.165) is 29.0 Å². The zero-order chi connectivity index (χ0) is 15.4. The van der Waals surface area contributed by atoms with Gasteiger partial charge in [-0.05, 0) is 60.8 Å². The van der Waals surface area contributed by atoms with Gasteiger partial charge in [-0.3, -0.25) is 0 Å². The van der Waals surface area contributed by atoms with Gasteiger partial charge >= 0.3 is 0 Å². The van der Waals surface area contributed by atoms with Crippen LogP contribution in [-0.4, -0.2) is 13.7 Å². The Kier molecular flexibility index (Phi) is 4.97. The van der Waals surface area contributed by atoms with Crippen molar-refractivity contribution in [3.63, 3.8) is 0 Å². The summed E-state index contributed by atoms with van der Waals surface area (Å²) in [6, 6.07) is 11.4. The summed E-state index contributed by atoms with van der Waals surface area (Å²) in [5.74, 6) is 0.670. The second kappa shape index (κ2) is 6.72. The van der Waals surface area contributed by atoms with Gasteiger partial charge in [0.15, 0.2) is 0 Å². The minimum absolute atomic E-state index is 0.0176. The fourth-order valence-corrected chi connectivity index (χ4v) is 2.50. The molecule has 0 aliphatic carbocycles. The van der Waals surface area contributed by atoms with Crippen LogP contribution >= 0.6 is 0 Å². The number of nitrogens with one attached hydrogen (secondary N) is 1. The standard InChI is InChI=1S/C18H22FNO/c1-5-20-18(14-7-6-12(2)17(19)11-14)16-9-8-15(21-4)10-13(16)3/h6-11,18,20H,5H2,1-4H3. The predicted octanol–water partition coefficient (Wildman–Crippen LogP) is 4.15. The molecule has 2 nitrogen and oxygen atoms in total. The number of aryl methyl sites for hydroxylation is 2. The van der Waals surface area contributed by atoms with Crippen molar-refractivity contribution in [1.29, 1.82) is 0 Å². The molecule has 0 saturated heterocycles. The molecule has 3 heteroatoms. The van der Waals surface area contributed by atoms with E-state index in [1.54, 1.807) is 20.1 Å². The molecule has 0 radical (unpaired) electrons. The highest BCUT2D eigenvalue weighted by molar-refractivity contribution is 5.41. The number of methoxy groups -OCH3 is 1. The maximum absolute atomic E-state index is 13.9. The number of ether oxygens (including phenoxy) is 1. The fraction of sp³-hybridized carbons (Fsp3) is 0.333. The Bertz CT molecular complexity index is 625. The van der Waals surface area contributed by atoms with Crippen molar-refractivity contribution in [1.82, 2.24) is 5.32 Å². The third kappa shape index (κ3) is 3.42. The van der Waals surface area contributed by atoms with Crippen molar-refractivity contribution >= 4 is 0 Å². The molecule has 2 rings (SSSR count). The van der Waals surface area contributed by atoms with E-state index >= 15 is 0 Å². The maximum Gasteiger partial charge on any atom is 0.126 e. The van der Waals surface area contributed by atoms with E-state index in [2.05, 4.69) is 12.2 Å². The minimum atomic E-state index is -0.165. The molecule has 0 amide bonds. The molecule has 1 unspecified atom stereocenters. The monoisotopic (exact) mass is 287 g/mol. The topological polar surface area (TPSA) is 21.3 Å². The molecule has 0 spiro atoms. The van der Waals surface area contributed by atoms with Gasteiger partial charge in [-0.25, -0.2) is 4.39 Å². The zero-order valence-electron chi connectivity index (χ0n) is 13.0. The van der Waals surface area contributed by atoms with E-state index < -0.39 is 0 Å². The summed E-state index contributed by atoms with van der Waals surface area (Å²) in [6.07, 6.45) is 0. The Balaban J connectivity index is 2.45. The molecule has 0 saturated carbocycles. The lowest BCUT2D eigenvalue weighted by Gasteiger charge is -2.22. The number of hydrogen-bond acceptors (Lipinski definition) is 2. The second-order valence-electron chi connectivity index (χ2n) is 5.22. The molecule has 1 N–H and O–H groups in total. The summed E-state index contributed by atoms with van der Waals surface area (Å²) in [5.41, 5.74) is 3.87. The highest BCUT2D eigenvalue weighted by Crippen LogP contribution is 2.28. The molecule has 2 aromatic rings. The van der Waals surface area contributed by atoms with Crippen LogP contribution in [0.5, 0.6) is 5.75 Å². The van der Waals surface area contributed by atoms with Crippen molar-refractivity contribution in [2.24, 2.45) is 0 Å². The van der Waals surface area contributed by atoms with Crippen molar-refractivity contribution in [2.75, 3.05) is 13.7 Å². The molecule has 0 fully saturated rings. The van der Waals surface area contributed by atoms with Crippen LogP contribution in [0.1, 0.15) is 35.2 Å². The summed E-state index contributed by atoms with van der Waals surface area (Å²) in [5, 5.41) is 3.43. The fourth-order valence-electron chi connectivity index (χ4n) is 2.50. The Morgan fingerprint density at radius 2 is 1.86 bits per heavy atom. The van der Waals surface area contributed by atoms with Crippen molar-refractivity contribution in [2.45, 2.75) is 26.8 Å². The Morgan fingerprint density at radius 3 is 2.43 bits per heavy atom. The summed E-state index contributed by atoms with van der Waals surface area (Å²) >= 11 is 0. The number of hydrogen-bond donors (Lipinski definition) is 1. The van der Waals surface area contributed by atoms with Crippen molar-refractivity contribution in [3.8, 4) is 5.75 Å². The predicted molar refractivity (Wildman–Crippen MR) is 84.4 cm³/mol. The van der Waals surface area contributed by atoms with Crippen LogP contribution in [0, 0.1) is 19.7 Å². The Morgan fingerprint density at radius 1 is 1.10 bits per heavy atom. The van der Waals surface area contributed by atoms with Crippen LogP contribution in [-0.2, 0) is 0 Å². The zero-order valence-corrected chi connectivity index (χ0v) is 13.0. The van der Waals surface area contributed by atoms with Gasteiger partial charge in [0, 0.05) is 0 Å². The molecule has 0 aliphatic rings. The maximum atomic E-state index is 13.9. The average Bonchev–Trinajstić information content (AvgIpc) is 2.48. The first kappa shape index (κ1) is 15.5. The smallest absolute Gasteiger partial charge is 0.126 e. The van der Waals surface area contributed by atoms with Crippen LogP contribution in [0.4, 0.5) is 4.39 Å². The van der Waals surface area contributed by atoms with Crippen molar-refractivity contribution < 1.29 is 9.13 Å². The summed E-state index contributed by atoms with van der Waals surface area (Å²) < 4.78 is 19.1.